The average molecular weight is 342 g/mol. The summed E-state index contributed by atoms with van der Waals surface area (Å²) in [6.07, 6.45) is 4.15. The molecule has 0 radical (unpaired) electrons. The van der Waals surface area contributed by atoms with Crippen LogP contribution in [0.15, 0.2) is 42.7 Å². The highest BCUT2D eigenvalue weighted by Crippen LogP contribution is 2.26. The highest BCUT2D eigenvalue weighted by Gasteiger charge is 2.22. The van der Waals surface area contributed by atoms with Gasteiger partial charge in [0.1, 0.15) is 6.61 Å². The number of halogens is 1. The molecule has 25 heavy (non-hydrogen) atoms. The van der Waals surface area contributed by atoms with Gasteiger partial charge in [0.25, 0.3) is 0 Å². The molecule has 1 atom stereocenters. The van der Waals surface area contributed by atoms with E-state index >= 15 is 0 Å². The first kappa shape index (κ1) is 17.4. The van der Waals surface area contributed by atoms with Gasteiger partial charge in [-0.15, -0.1) is 0 Å². The summed E-state index contributed by atoms with van der Waals surface area (Å²) >= 11 is 0. The van der Waals surface area contributed by atoms with Crippen LogP contribution < -0.4 is 10.5 Å². The van der Waals surface area contributed by atoms with Crippen molar-refractivity contribution in [2.75, 3.05) is 6.61 Å². The Morgan fingerprint density at radius 1 is 1.24 bits per heavy atom. The molecule has 132 valence electrons. The number of hydrogen-bond donors (Lipinski definition) is 1. The van der Waals surface area contributed by atoms with Crippen LogP contribution in [0.4, 0.5) is 4.39 Å². The Labute approximate surface area is 146 Å². The zero-order valence-corrected chi connectivity index (χ0v) is 14.7. The first-order valence-corrected chi connectivity index (χ1v) is 8.36. The van der Waals surface area contributed by atoms with E-state index < -0.39 is 11.4 Å². The second-order valence-electron chi connectivity index (χ2n) is 7.12. The van der Waals surface area contributed by atoms with E-state index in [1.165, 1.54) is 6.07 Å². The van der Waals surface area contributed by atoms with E-state index in [9.17, 15) is 4.39 Å². The Morgan fingerprint density at radius 2 is 2.04 bits per heavy atom. The van der Waals surface area contributed by atoms with Crippen molar-refractivity contribution in [1.82, 2.24) is 14.6 Å². The molecule has 0 fully saturated rings. The van der Waals surface area contributed by atoms with Crippen LogP contribution in [0.2, 0.25) is 0 Å². The monoisotopic (exact) mass is 342 g/mol. The second-order valence-corrected chi connectivity index (χ2v) is 7.12. The van der Waals surface area contributed by atoms with Gasteiger partial charge >= 0.3 is 0 Å². The Hall–Kier alpha value is -2.47. The van der Waals surface area contributed by atoms with Crippen molar-refractivity contribution in [1.29, 1.82) is 0 Å². The predicted octanol–water partition coefficient (Wildman–Crippen LogP) is 3.68. The van der Waals surface area contributed by atoms with Gasteiger partial charge in [-0.2, -0.15) is 5.10 Å². The fourth-order valence-corrected chi connectivity index (χ4v) is 3.06. The number of nitrogens with two attached hydrogens (primary N) is 1. The zero-order valence-electron chi connectivity index (χ0n) is 14.7. The van der Waals surface area contributed by atoms with Gasteiger partial charge in [0, 0.05) is 23.4 Å². The number of fused-ring (bicyclic) bond motifs is 1. The summed E-state index contributed by atoms with van der Waals surface area (Å²) in [5.41, 5.74) is 7.91. The highest BCUT2D eigenvalue weighted by atomic mass is 19.1. The van der Waals surface area contributed by atoms with Crippen molar-refractivity contribution < 1.29 is 9.13 Å². The van der Waals surface area contributed by atoms with Crippen molar-refractivity contribution in [3.8, 4) is 17.0 Å². The van der Waals surface area contributed by atoms with Crippen molar-refractivity contribution in [3.63, 3.8) is 0 Å². The lowest BCUT2D eigenvalue weighted by Crippen LogP contribution is -2.43. The number of benzene rings is 1. The molecule has 0 saturated heterocycles. The normalized spacial score (nSPS) is 14.0. The molecule has 3 aromatic rings. The van der Waals surface area contributed by atoms with Crippen molar-refractivity contribution in [2.45, 2.75) is 32.7 Å². The molecule has 6 heteroatoms. The largest absolute Gasteiger partial charge is 0.489 e. The number of hydrogen-bond acceptors (Lipinski definition) is 4. The van der Waals surface area contributed by atoms with E-state index in [1.54, 1.807) is 35.1 Å². The van der Waals surface area contributed by atoms with Gasteiger partial charge in [0.05, 0.1) is 11.9 Å². The molecule has 0 aliphatic rings. The van der Waals surface area contributed by atoms with Gasteiger partial charge < -0.3 is 10.5 Å². The van der Waals surface area contributed by atoms with E-state index in [1.807, 2.05) is 13.0 Å². The molecule has 0 spiro atoms. The van der Waals surface area contributed by atoms with Crippen molar-refractivity contribution >= 4 is 5.65 Å². The first-order valence-electron chi connectivity index (χ1n) is 8.36. The minimum atomic E-state index is -0.494. The van der Waals surface area contributed by atoms with Gasteiger partial charge in [-0.1, -0.05) is 13.8 Å². The standard InChI is InChI=1S/C19H23FN4O/c1-13(2)11-19(3,21)12-25-17-5-4-14(10-15(17)20)16-6-8-22-18-7-9-23-24(16)18/h4-10,13H,11-12,21H2,1-3H3. The maximum atomic E-state index is 14.5. The van der Waals surface area contributed by atoms with Crippen molar-refractivity contribution in [3.05, 3.63) is 48.5 Å². The van der Waals surface area contributed by atoms with Crippen LogP contribution >= 0.6 is 0 Å². The summed E-state index contributed by atoms with van der Waals surface area (Å²) in [5.74, 6) is 0.235. The number of ether oxygens (including phenoxy) is 1. The van der Waals surface area contributed by atoms with Crippen LogP contribution in [0.1, 0.15) is 27.2 Å². The van der Waals surface area contributed by atoms with Gasteiger partial charge in [-0.05, 0) is 43.5 Å². The Kier molecular flexibility index (Phi) is 4.72. The molecular formula is C19H23FN4O. The number of rotatable bonds is 6. The fourth-order valence-electron chi connectivity index (χ4n) is 3.06. The van der Waals surface area contributed by atoms with E-state index in [0.717, 1.165) is 12.1 Å². The minimum absolute atomic E-state index is 0.204. The molecule has 0 amide bonds. The molecule has 0 aliphatic carbocycles. The lowest BCUT2D eigenvalue weighted by molar-refractivity contribution is 0.200. The van der Waals surface area contributed by atoms with Crippen molar-refractivity contribution in [2.24, 2.45) is 11.7 Å². The third-order valence-corrected chi connectivity index (χ3v) is 3.95. The van der Waals surface area contributed by atoms with E-state index in [2.05, 4.69) is 23.9 Å². The SMILES string of the molecule is CC(C)CC(C)(N)COc1ccc(-c2ccnc3ccnn23)cc1F. The molecule has 2 aromatic heterocycles. The Balaban J connectivity index is 1.81. The van der Waals surface area contributed by atoms with Gasteiger partial charge in [0.2, 0.25) is 0 Å². The van der Waals surface area contributed by atoms with Crippen LogP contribution in [0.25, 0.3) is 16.9 Å². The number of nitrogens with zero attached hydrogens (tertiary/aromatic N) is 3. The lowest BCUT2D eigenvalue weighted by atomic mass is 9.93. The lowest BCUT2D eigenvalue weighted by Gasteiger charge is -2.26. The minimum Gasteiger partial charge on any atom is -0.489 e. The molecule has 1 unspecified atom stereocenters. The molecule has 5 nitrogen and oxygen atoms in total. The summed E-state index contributed by atoms with van der Waals surface area (Å²) in [6, 6.07) is 8.49. The van der Waals surface area contributed by atoms with Gasteiger partial charge in [-0.25, -0.2) is 13.9 Å². The van der Waals surface area contributed by atoms with Crippen LogP contribution in [-0.4, -0.2) is 26.7 Å². The molecule has 2 N–H and O–H groups in total. The van der Waals surface area contributed by atoms with Gasteiger partial charge in [-0.3, -0.25) is 0 Å². The Morgan fingerprint density at radius 3 is 2.76 bits per heavy atom. The average Bonchev–Trinajstić information content (AvgIpc) is 3.01. The molecular weight excluding hydrogens is 319 g/mol. The second kappa shape index (κ2) is 6.80. The summed E-state index contributed by atoms with van der Waals surface area (Å²) in [7, 11) is 0. The first-order chi connectivity index (χ1) is 11.9. The molecule has 1 aromatic carbocycles. The topological polar surface area (TPSA) is 65.4 Å². The van der Waals surface area contributed by atoms with E-state index in [0.29, 0.717) is 17.1 Å². The third-order valence-electron chi connectivity index (χ3n) is 3.95. The quantitative estimate of drug-likeness (QED) is 0.742. The van der Waals surface area contributed by atoms with Crippen LogP contribution in [0.3, 0.4) is 0 Å². The maximum Gasteiger partial charge on any atom is 0.165 e. The maximum absolute atomic E-state index is 14.5. The summed E-state index contributed by atoms with van der Waals surface area (Å²) in [6.45, 7) is 6.39. The van der Waals surface area contributed by atoms with E-state index in [-0.39, 0.29) is 12.4 Å². The predicted molar refractivity (Wildman–Crippen MR) is 95.9 cm³/mol. The summed E-state index contributed by atoms with van der Waals surface area (Å²) in [4.78, 5) is 4.22. The summed E-state index contributed by atoms with van der Waals surface area (Å²) < 4.78 is 21.8. The fraction of sp³-hybridized carbons (Fsp3) is 0.368. The number of aromatic nitrogens is 3. The molecule has 2 heterocycles. The summed E-state index contributed by atoms with van der Waals surface area (Å²) in [5, 5.41) is 4.23. The molecule has 0 saturated carbocycles. The molecule has 3 rings (SSSR count). The third kappa shape index (κ3) is 3.96. The smallest absolute Gasteiger partial charge is 0.165 e. The van der Waals surface area contributed by atoms with E-state index in [4.69, 9.17) is 10.5 Å². The highest BCUT2D eigenvalue weighted by molar-refractivity contribution is 5.63. The van der Waals surface area contributed by atoms with Crippen LogP contribution in [-0.2, 0) is 0 Å². The van der Waals surface area contributed by atoms with Crippen LogP contribution in [0.5, 0.6) is 5.75 Å². The molecule has 0 aliphatic heterocycles. The van der Waals surface area contributed by atoms with Crippen LogP contribution in [0, 0.1) is 11.7 Å². The Bertz CT molecular complexity index is 873. The van der Waals surface area contributed by atoms with Gasteiger partial charge in [0.15, 0.2) is 17.2 Å². The zero-order chi connectivity index (χ0) is 18.0. The molecule has 0 bridgehead atoms.